The van der Waals surface area contributed by atoms with Crippen LogP contribution in [0.5, 0.6) is 0 Å². The van der Waals surface area contributed by atoms with Crippen molar-refractivity contribution in [2.45, 2.75) is 33.4 Å². The smallest absolute Gasteiger partial charge is 0.185 e. The minimum Gasteiger partial charge on any atom is -0.347 e. The Morgan fingerprint density at radius 2 is 2.00 bits per heavy atom. The summed E-state index contributed by atoms with van der Waals surface area (Å²) in [6.07, 6.45) is 3.15. The quantitative estimate of drug-likeness (QED) is 0.790. The first kappa shape index (κ1) is 15.0. The third-order valence-electron chi connectivity index (χ3n) is 3.13. The Bertz CT molecular complexity index is 519. The Morgan fingerprint density at radius 3 is 2.70 bits per heavy atom. The minimum absolute atomic E-state index is 0.898. The number of hydrogen-bond donors (Lipinski definition) is 1. The van der Waals surface area contributed by atoms with Crippen LogP contribution in [0.4, 0.5) is 5.13 Å². The van der Waals surface area contributed by atoms with Crippen LogP contribution in [-0.4, -0.2) is 18.6 Å². The zero-order valence-electron chi connectivity index (χ0n) is 12.5. The highest BCUT2D eigenvalue weighted by atomic mass is 32.1. The molecule has 0 aliphatic rings. The Hall–Kier alpha value is -1.39. The number of nitrogens with zero attached hydrogens (tertiary/aromatic N) is 2. The maximum atomic E-state index is 4.51. The van der Waals surface area contributed by atoms with E-state index in [1.54, 1.807) is 11.3 Å². The zero-order chi connectivity index (χ0) is 14.4. The van der Waals surface area contributed by atoms with Gasteiger partial charge in [0.05, 0.1) is 0 Å². The fourth-order valence-electron chi connectivity index (χ4n) is 1.98. The van der Waals surface area contributed by atoms with Gasteiger partial charge in [0.1, 0.15) is 0 Å². The molecule has 0 spiro atoms. The third kappa shape index (κ3) is 4.32. The van der Waals surface area contributed by atoms with Gasteiger partial charge in [-0.15, -0.1) is 11.3 Å². The summed E-state index contributed by atoms with van der Waals surface area (Å²) in [6.45, 7) is 7.18. The van der Waals surface area contributed by atoms with Gasteiger partial charge in [0.25, 0.3) is 0 Å². The summed E-state index contributed by atoms with van der Waals surface area (Å²) in [5.74, 6) is 0. The van der Waals surface area contributed by atoms with Gasteiger partial charge in [-0.3, -0.25) is 0 Å². The fraction of sp³-hybridized carbons (Fsp3) is 0.438. The van der Waals surface area contributed by atoms with Gasteiger partial charge in [0, 0.05) is 31.2 Å². The Labute approximate surface area is 125 Å². The Kier molecular flexibility index (Phi) is 5.56. The summed E-state index contributed by atoms with van der Waals surface area (Å²) in [5.41, 5.74) is 2.62. The molecule has 0 aliphatic heterocycles. The van der Waals surface area contributed by atoms with E-state index in [4.69, 9.17) is 0 Å². The molecule has 0 saturated heterocycles. The van der Waals surface area contributed by atoms with Gasteiger partial charge in [-0.05, 0) is 25.5 Å². The Morgan fingerprint density at radius 1 is 1.25 bits per heavy atom. The van der Waals surface area contributed by atoms with E-state index in [-0.39, 0.29) is 0 Å². The van der Waals surface area contributed by atoms with Gasteiger partial charge in [-0.25, -0.2) is 4.98 Å². The molecule has 20 heavy (non-hydrogen) atoms. The first-order valence-electron chi connectivity index (χ1n) is 7.11. The maximum absolute atomic E-state index is 4.51. The van der Waals surface area contributed by atoms with E-state index in [0.717, 1.165) is 24.8 Å². The lowest BCUT2D eigenvalue weighted by molar-refractivity contribution is 0.681. The minimum atomic E-state index is 0.898. The van der Waals surface area contributed by atoms with Gasteiger partial charge < -0.3 is 10.2 Å². The average molecular weight is 289 g/mol. The monoisotopic (exact) mass is 289 g/mol. The van der Waals surface area contributed by atoms with E-state index in [1.165, 1.54) is 22.4 Å². The summed E-state index contributed by atoms with van der Waals surface area (Å²) < 4.78 is 0. The largest absolute Gasteiger partial charge is 0.347 e. The predicted octanol–water partition coefficient (Wildman–Crippen LogP) is 3.59. The zero-order valence-corrected chi connectivity index (χ0v) is 13.3. The van der Waals surface area contributed by atoms with E-state index in [1.807, 2.05) is 6.20 Å². The van der Waals surface area contributed by atoms with Crippen molar-refractivity contribution in [2.24, 2.45) is 0 Å². The molecule has 0 amide bonds. The second-order valence-corrected chi connectivity index (χ2v) is 6.22. The molecule has 0 atom stereocenters. The molecule has 108 valence electrons. The molecule has 4 heteroatoms. The molecule has 1 aromatic heterocycles. The van der Waals surface area contributed by atoms with Crippen molar-refractivity contribution < 1.29 is 0 Å². The van der Waals surface area contributed by atoms with Crippen LogP contribution >= 0.6 is 11.3 Å². The number of nitrogens with one attached hydrogen (secondary N) is 1. The maximum Gasteiger partial charge on any atom is 0.185 e. The lowest BCUT2D eigenvalue weighted by Gasteiger charge is -2.15. The summed E-state index contributed by atoms with van der Waals surface area (Å²) >= 11 is 1.77. The molecule has 0 unspecified atom stereocenters. The highest BCUT2D eigenvalue weighted by Gasteiger charge is 2.07. The third-order valence-corrected chi connectivity index (χ3v) is 4.25. The second kappa shape index (κ2) is 7.41. The molecule has 2 aromatic rings. The van der Waals surface area contributed by atoms with Crippen LogP contribution < -0.4 is 10.2 Å². The predicted molar refractivity (Wildman–Crippen MR) is 87.4 cm³/mol. The highest BCUT2D eigenvalue weighted by molar-refractivity contribution is 7.15. The van der Waals surface area contributed by atoms with E-state index in [0.29, 0.717) is 0 Å². The van der Waals surface area contributed by atoms with Crippen LogP contribution in [0.1, 0.15) is 29.3 Å². The van der Waals surface area contributed by atoms with E-state index in [9.17, 15) is 0 Å². The van der Waals surface area contributed by atoms with E-state index >= 15 is 0 Å². The van der Waals surface area contributed by atoms with Gasteiger partial charge in [0.2, 0.25) is 0 Å². The molecule has 0 saturated carbocycles. The summed E-state index contributed by atoms with van der Waals surface area (Å²) in [6, 6.07) is 8.68. The van der Waals surface area contributed by atoms with Crippen LogP contribution in [0, 0.1) is 6.92 Å². The lowest BCUT2D eigenvalue weighted by atomic mass is 10.1. The summed E-state index contributed by atoms with van der Waals surface area (Å²) in [5, 5.41) is 4.49. The van der Waals surface area contributed by atoms with Crippen LogP contribution in [-0.2, 0) is 13.1 Å². The number of rotatable bonds is 7. The number of anilines is 1. The number of thiazole rings is 1. The summed E-state index contributed by atoms with van der Waals surface area (Å²) in [7, 11) is 2.10. The van der Waals surface area contributed by atoms with Crippen LogP contribution in [0.2, 0.25) is 0 Å². The standard InChI is InChI=1S/C16H23N3S/c1-4-9-17-10-15-11-18-16(20-15)19(3)12-14-7-5-13(2)6-8-14/h5-8,11,17H,4,9-10,12H2,1-3H3. The van der Waals surface area contributed by atoms with E-state index < -0.39 is 0 Å². The van der Waals surface area contributed by atoms with Crippen molar-refractivity contribution in [3.8, 4) is 0 Å². The van der Waals surface area contributed by atoms with Crippen molar-refractivity contribution >= 4 is 16.5 Å². The topological polar surface area (TPSA) is 28.2 Å². The van der Waals surface area contributed by atoms with Crippen LogP contribution in [0.3, 0.4) is 0 Å². The first-order chi connectivity index (χ1) is 9.69. The van der Waals surface area contributed by atoms with Crippen molar-refractivity contribution in [1.29, 1.82) is 0 Å². The number of aryl methyl sites for hydroxylation is 1. The van der Waals surface area contributed by atoms with Crippen molar-refractivity contribution in [1.82, 2.24) is 10.3 Å². The van der Waals surface area contributed by atoms with Gasteiger partial charge in [0.15, 0.2) is 5.13 Å². The molecule has 0 aliphatic carbocycles. The highest BCUT2D eigenvalue weighted by Crippen LogP contribution is 2.22. The molecule has 2 rings (SSSR count). The normalized spacial score (nSPS) is 10.8. The number of benzene rings is 1. The van der Waals surface area contributed by atoms with Gasteiger partial charge >= 0.3 is 0 Å². The van der Waals surface area contributed by atoms with Crippen LogP contribution in [0.15, 0.2) is 30.5 Å². The molecular formula is C16H23N3S. The molecule has 0 bridgehead atoms. The van der Waals surface area contributed by atoms with Crippen molar-refractivity contribution in [3.63, 3.8) is 0 Å². The van der Waals surface area contributed by atoms with Crippen molar-refractivity contribution in [2.75, 3.05) is 18.5 Å². The van der Waals surface area contributed by atoms with E-state index in [2.05, 4.69) is 60.4 Å². The lowest BCUT2D eigenvalue weighted by Crippen LogP contribution is -2.15. The average Bonchev–Trinajstić information content (AvgIpc) is 2.91. The molecule has 1 heterocycles. The SMILES string of the molecule is CCCNCc1cnc(N(C)Cc2ccc(C)cc2)s1. The van der Waals surface area contributed by atoms with Gasteiger partial charge in [-0.1, -0.05) is 36.8 Å². The Balaban J connectivity index is 1.91. The molecule has 1 aromatic carbocycles. The molecular weight excluding hydrogens is 266 g/mol. The molecule has 0 fully saturated rings. The van der Waals surface area contributed by atoms with Crippen LogP contribution in [0.25, 0.3) is 0 Å². The fourth-order valence-corrected chi connectivity index (χ4v) is 2.82. The second-order valence-electron chi connectivity index (χ2n) is 5.13. The molecule has 3 nitrogen and oxygen atoms in total. The molecule has 1 N–H and O–H groups in total. The molecule has 0 radical (unpaired) electrons. The van der Waals surface area contributed by atoms with Gasteiger partial charge in [-0.2, -0.15) is 0 Å². The number of hydrogen-bond acceptors (Lipinski definition) is 4. The number of aromatic nitrogens is 1. The van der Waals surface area contributed by atoms with Crippen molar-refractivity contribution in [3.05, 3.63) is 46.5 Å². The first-order valence-corrected chi connectivity index (χ1v) is 7.92. The summed E-state index contributed by atoms with van der Waals surface area (Å²) in [4.78, 5) is 8.02.